The van der Waals surface area contributed by atoms with Crippen LogP contribution in [0.3, 0.4) is 0 Å². The molecule has 0 bridgehead atoms. The molecular formula is C19H25N3O5S. The monoisotopic (exact) mass is 407 g/mol. The van der Waals surface area contributed by atoms with Crippen LogP contribution in [-0.2, 0) is 25.8 Å². The van der Waals surface area contributed by atoms with E-state index in [0.717, 1.165) is 11.3 Å². The first-order chi connectivity index (χ1) is 13.3. The molecule has 1 aliphatic heterocycles. The van der Waals surface area contributed by atoms with Gasteiger partial charge in [-0.1, -0.05) is 0 Å². The van der Waals surface area contributed by atoms with E-state index in [1.54, 1.807) is 19.2 Å². The molecule has 8 nitrogen and oxygen atoms in total. The van der Waals surface area contributed by atoms with Gasteiger partial charge in [0.2, 0.25) is 0 Å². The van der Waals surface area contributed by atoms with E-state index in [4.69, 9.17) is 9.47 Å². The van der Waals surface area contributed by atoms with Crippen LogP contribution < -0.4 is 4.74 Å². The maximum absolute atomic E-state index is 13.0. The van der Waals surface area contributed by atoms with E-state index in [0.29, 0.717) is 37.7 Å². The van der Waals surface area contributed by atoms with Gasteiger partial charge in [0, 0.05) is 18.8 Å². The fraction of sp³-hybridized carbons (Fsp3) is 0.526. The maximum atomic E-state index is 13.0. The fourth-order valence-electron chi connectivity index (χ4n) is 3.17. The number of nitrogens with one attached hydrogen (secondary N) is 1. The van der Waals surface area contributed by atoms with Crippen molar-refractivity contribution < 1.29 is 22.7 Å². The Bertz CT molecular complexity index is 929. The molecule has 0 radical (unpaired) electrons. The number of hydrogen-bond acceptors (Lipinski definition) is 7. The number of Topliss-reactive ketones (excluding diaryl/α,β-unsaturated/α-hetero) is 1. The number of aromatic nitrogens is 3. The molecule has 1 fully saturated rings. The summed E-state index contributed by atoms with van der Waals surface area (Å²) in [5.74, 6) is 1.09. The molecule has 0 saturated carbocycles. The van der Waals surface area contributed by atoms with Gasteiger partial charge < -0.3 is 9.47 Å². The molecule has 2 heterocycles. The van der Waals surface area contributed by atoms with Crippen molar-refractivity contribution in [2.75, 3.05) is 20.3 Å². The second-order valence-corrected chi connectivity index (χ2v) is 10.1. The van der Waals surface area contributed by atoms with Crippen LogP contribution in [0.15, 0.2) is 24.3 Å². The number of hydrogen-bond donors (Lipinski definition) is 1. The Morgan fingerprint density at radius 2 is 1.89 bits per heavy atom. The first-order valence-electron chi connectivity index (χ1n) is 9.16. The number of carbonyl (C=O) groups is 1. The van der Waals surface area contributed by atoms with E-state index in [-0.39, 0.29) is 6.42 Å². The minimum Gasteiger partial charge on any atom is -0.497 e. The van der Waals surface area contributed by atoms with Gasteiger partial charge in [-0.05, 0) is 51.0 Å². The summed E-state index contributed by atoms with van der Waals surface area (Å²) in [5, 5.41) is 6.32. The number of nitrogens with zero attached hydrogens (tertiary/aromatic N) is 2. The molecule has 2 aromatic rings. The third-order valence-corrected chi connectivity index (χ3v) is 8.20. The summed E-state index contributed by atoms with van der Waals surface area (Å²) in [6.45, 7) is 3.75. The Morgan fingerprint density at radius 3 is 2.50 bits per heavy atom. The van der Waals surface area contributed by atoms with Crippen LogP contribution in [0.1, 0.15) is 32.5 Å². The number of carbonyl (C=O) groups excluding carboxylic acids is 1. The summed E-state index contributed by atoms with van der Waals surface area (Å²) < 4.78 is 34.9. The lowest BCUT2D eigenvalue weighted by Gasteiger charge is -2.31. The second-order valence-electron chi connectivity index (χ2n) is 7.30. The number of ketones is 1. The van der Waals surface area contributed by atoms with E-state index >= 15 is 0 Å². The molecule has 1 N–H and O–H groups in total. The van der Waals surface area contributed by atoms with Crippen LogP contribution in [0.25, 0.3) is 11.4 Å². The van der Waals surface area contributed by atoms with E-state index < -0.39 is 25.6 Å². The van der Waals surface area contributed by atoms with Gasteiger partial charge >= 0.3 is 0 Å². The van der Waals surface area contributed by atoms with Crippen molar-refractivity contribution in [1.29, 1.82) is 0 Å². The number of rotatable bonds is 7. The van der Waals surface area contributed by atoms with Gasteiger partial charge in [0.15, 0.2) is 21.4 Å². The normalized spacial score (nSPS) is 16.1. The van der Waals surface area contributed by atoms with E-state index in [1.165, 1.54) is 13.8 Å². The number of benzene rings is 1. The molecule has 9 heteroatoms. The van der Waals surface area contributed by atoms with Crippen molar-refractivity contribution in [2.24, 2.45) is 0 Å². The Balaban J connectivity index is 1.74. The number of H-pyrrole nitrogens is 1. The molecule has 0 amide bonds. The van der Waals surface area contributed by atoms with Crippen molar-refractivity contribution in [2.45, 2.75) is 43.1 Å². The zero-order chi connectivity index (χ0) is 20.4. The summed E-state index contributed by atoms with van der Waals surface area (Å²) in [4.78, 5) is 17.2. The van der Waals surface area contributed by atoms with Gasteiger partial charge in [-0.2, -0.15) is 5.10 Å². The average molecular weight is 407 g/mol. The molecular weight excluding hydrogens is 382 g/mol. The average Bonchev–Trinajstić information content (AvgIpc) is 3.17. The second kappa shape index (κ2) is 8.00. The highest BCUT2D eigenvalue weighted by atomic mass is 32.2. The Morgan fingerprint density at radius 1 is 1.25 bits per heavy atom. The molecule has 28 heavy (non-hydrogen) atoms. The molecule has 0 atom stereocenters. The van der Waals surface area contributed by atoms with Crippen molar-refractivity contribution in [3.05, 3.63) is 30.1 Å². The zero-order valence-electron chi connectivity index (χ0n) is 16.3. The van der Waals surface area contributed by atoms with E-state index in [9.17, 15) is 13.2 Å². The lowest BCUT2D eigenvalue weighted by molar-refractivity contribution is -0.120. The number of ether oxygens (including phenoxy) is 2. The summed E-state index contributed by atoms with van der Waals surface area (Å²) >= 11 is 0. The highest BCUT2D eigenvalue weighted by Crippen LogP contribution is 2.29. The Labute approximate surface area is 164 Å². The van der Waals surface area contributed by atoms with Crippen LogP contribution in [0, 0.1) is 0 Å². The Kier molecular flexibility index (Phi) is 5.85. The first-order valence-corrected chi connectivity index (χ1v) is 10.7. The minimum absolute atomic E-state index is 0.126. The summed E-state index contributed by atoms with van der Waals surface area (Å²) in [7, 11) is -2.05. The third kappa shape index (κ3) is 3.95. The molecule has 1 saturated heterocycles. The topological polar surface area (TPSA) is 111 Å². The van der Waals surface area contributed by atoms with Crippen molar-refractivity contribution in [3.63, 3.8) is 0 Å². The van der Waals surface area contributed by atoms with Gasteiger partial charge in [0.05, 0.1) is 18.8 Å². The van der Waals surface area contributed by atoms with Gasteiger partial charge in [-0.15, -0.1) is 0 Å². The largest absolute Gasteiger partial charge is 0.497 e. The summed E-state index contributed by atoms with van der Waals surface area (Å²) in [5.41, 5.74) is 0.768. The Hall–Kier alpha value is -2.26. The number of sulfone groups is 1. The van der Waals surface area contributed by atoms with Crippen LogP contribution in [0.4, 0.5) is 0 Å². The predicted octanol–water partition coefficient (Wildman–Crippen LogP) is 1.96. The van der Waals surface area contributed by atoms with Crippen LogP contribution in [0.2, 0.25) is 0 Å². The third-order valence-electron chi connectivity index (χ3n) is 5.20. The summed E-state index contributed by atoms with van der Waals surface area (Å²) in [6, 6.07) is 7.21. The standard InChI is InChI=1S/C19H25N3O5S/c1-19(2,28(24,25)15-8-10-27-11-9-15)16(23)12-17-20-18(22-21-17)13-4-6-14(26-3)7-5-13/h4-7,15H,8-12H2,1-3H3,(H,20,21,22). The fourth-order valence-corrected chi connectivity index (χ4v) is 5.21. The quantitative estimate of drug-likeness (QED) is 0.747. The van der Waals surface area contributed by atoms with Gasteiger partial charge in [-0.3, -0.25) is 9.89 Å². The number of aromatic amines is 1. The van der Waals surface area contributed by atoms with Gasteiger partial charge in [0.1, 0.15) is 16.3 Å². The van der Waals surface area contributed by atoms with Crippen LogP contribution in [0.5, 0.6) is 5.75 Å². The van der Waals surface area contributed by atoms with E-state index in [2.05, 4.69) is 15.2 Å². The van der Waals surface area contributed by atoms with Gasteiger partial charge in [0.25, 0.3) is 0 Å². The van der Waals surface area contributed by atoms with Crippen molar-refractivity contribution in [3.8, 4) is 17.1 Å². The maximum Gasteiger partial charge on any atom is 0.181 e. The molecule has 1 aromatic heterocycles. The van der Waals surface area contributed by atoms with E-state index in [1.807, 2.05) is 12.1 Å². The summed E-state index contributed by atoms with van der Waals surface area (Å²) in [6.07, 6.45) is 0.713. The number of methoxy groups -OCH3 is 1. The molecule has 1 aromatic carbocycles. The molecule has 1 aliphatic rings. The smallest absolute Gasteiger partial charge is 0.181 e. The zero-order valence-corrected chi connectivity index (χ0v) is 17.1. The van der Waals surface area contributed by atoms with Crippen molar-refractivity contribution in [1.82, 2.24) is 15.2 Å². The first kappa shape index (κ1) is 20.5. The highest BCUT2D eigenvalue weighted by Gasteiger charge is 2.46. The molecule has 152 valence electrons. The molecule has 0 spiro atoms. The minimum atomic E-state index is -3.64. The SMILES string of the molecule is COc1ccc(-c2n[nH]c(CC(=O)C(C)(C)S(=O)(=O)C3CCOCC3)n2)cc1. The molecule has 3 rings (SSSR count). The lowest BCUT2D eigenvalue weighted by Crippen LogP contribution is -2.48. The molecule has 0 aliphatic carbocycles. The van der Waals surface area contributed by atoms with Crippen molar-refractivity contribution >= 4 is 15.6 Å². The predicted molar refractivity (Wildman–Crippen MR) is 104 cm³/mol. The highest BCUT2D eigenvalue weighted by molar-refractivity contribution is 7.94. The van der Waals surface area contributed by atoms with Crippen LogP contribution in [-0.4, -0.2) is 59.7 Å². The molecule has 0 unspecified atom stereocenters. The van der Waals surface area contributed by atoms with Crippen LogP contribution >= 0.6 is 0 Å². The lowest BCUT2D eigenvalue weighted by atomic mass is 10.1. The van der Waals surface area contributed by atoms with Gasteiger partial charge in [-0.25, -0.2) is 13.4 Å².